The van der Waals surface area contributed by atoms with Crippen LogP contribution in [0.4, 0.5) is 0 Å². The Kier molecular flexibility index (Phi) is 10.7. The van der Waals surface area contributed by atoms with Crippen LogP contribution in [0.15, 0.2) is 0 Å². The fraction of sp³-hybridized carbons (Fsp3) is 1.00. The predicted molar refractivity (Wildman–Crippen MR) is 77.6 cm³/mol. The average molecular weight is 259 g/mol. The Balaban J connectivity index is 3.85. The van der Waals surface area contributed by atoms with Crippen molar-refractivity contribution in [3.8, 4) is 0 Å². The van der Waals surface area contributed by atoms with Crippen LogP contribution in [-0.4, -0.2) is 38.1 Å². The second-order valence-corrected chi connectivity index (χ2v) is 6.17. The van der Waals surface area contributed by atoms with Crippen molar-refractivity contribution < 1.29 is 9.47 Å². The molecule has 18 heavy (non-hydrogen) atoms. The molecule has 0 aromatic rings. The molecular formula is C15H33NO2. The smallest absolute Gasteiger partial charge is 0.101 e. The summed E-state index contributed by atoms with van der Waals surface area (Å²) in [6.45, 7) is 15.2. The van der Waals surface area contributed by atoms with E-state index in [1.54, 1.807) is 0 Å². The molecule has 3 heteroatoms. The molecule has 0 bridgehead atoms. The lowest BCUT2D eigenvalue weighted by molar-refractivity contribution is -0.0584. The first-order valence-corrected chi connectivity index (χ1v) is 7.37. The van der Waals surface area contributed by atoms with Gasteiger partial charge in [-0.1, -0.05) is 47.5 Å². The Morgan fingerprint density at radius 3 is 1.61 bits per heavy atom. The van der Waals surface area contributed by atoms with E-state index >= 15 is 0 Å². The van der Waals surface area contributed by atoms with Crippen molar-refractivity contribution in [2.45, 2.75) is 60.3 Å². The molecule has 0 radical (unpaired) electrons. The SMILES string of the molecule is CCCCOCN(COCCCC)CC(C)(C)C. The number of ether oxygens (including phenoxy) is 2. The van der Waals surface area contributed by atoms with Gasteiger partial charge in [-0.25, -0.2) is 0 Å². The van der Waals surface area contributed by atoms with Crippen LogP contribution >= 0.6 is 0 Å². The predicted octanol–water partition coefficient (Wildman–Crippen LogP) is 3.88. The molecule has 0 heterocycles. The molecule has 0 aliphatic carbocycles. The van der Waals surface area contributed by atoms with Gasteiger partial charge in [0.25, 0.3) is 0 Å². The number of nitrogens with zero attached hydrogens (tertiary/aromatic N) is 1. The standard InChI is InChI=1S/C15H33NO2/c1-6-8-10-17-13-16(12-15(3,4)5)14-18-11-9-7-2/h6-14H2,1-5H3. The highest BCUT2D eigenvalue weighted by Crippen LogP contribution is 2.15. The maximum atomic E-state index is 5.69. The van der Waals surface area contributed by atoms with E-state index in [1.165, 1.54) is 12.8 Å². The molecule has 3 nitrogen and oxygen atoms in total. The van der Waals surface area contributed by atoms with Gasteiger partial charge in [0, 0.05) is 19.8 Å². The van der Waals surface area contributed by atoms with Crippen LogP contribution in [0.5, 0.6) is 0 Å². The fourth-order valence-corrected chi connectivity index (χ4v) is 1.68. The van der Waals surface area contributed by atoms with Gasteiger partial charge in [-0.2, -0.15) is 0 Å². The number of hydrogen-bond acceptors (Lipinski definition) is 3. The maximum Gasteiger partial charge on any atom is 0.101 e. The van der Waals surface area contributed by atoms with Gasteiger partial charge in [-0.05, 0) is 18.3 Å². The molecule has 0 spiro atoms. The molecule has 0 aromatic heterocycles. The molecular weight excluding hydrogens is 226 g/mol. The minimum absolute atomic E-state index is 0.280. The molecule has 0 fully saturated rings. The van der Waals surface area contributed by atoms with Gasteiger partial charge in [-0.15, -0.1) is 0 Å². The van der Waals surface area contributed by atoms with E-state index in [0.29, 0.717) is 13.5 Å². The zero-order valence-electron chi connectivity index (χ0n) is 13.1. The summed E-state index contributed by atoms with van der Waals surface area (Å²) in [4.78, 5) is 2.26. The molecule has 0 atom stereocenters. The molecule has 110 valence electrons. The topological polar surface area (TPSA) is 21.7 Å². The molecule has 0 amide bonds. The van der Waals surface area contributed by atoms with Crippen LogP contribution in [0.25, 0.3) is 0 Å². The lowest BCUT2D eigenvalue weighted by Gasteiger charge is -2.29. The van der Waals surface area contributed by atoms with Crippen molar-refractivity contribution in [3.63, 3.8) is 0 Å². The van der Waals surface area contributed by atoms with E-state index in [0.717, 1.165) is 32.6 Å². The lowest BCUT2D eigenvalue weighted by atomic mass is 9.96. The number of rotatable bonds is 11. The third kappa shape index (κ3) is 12.3. The molecule has 0 aliphatic heterocycles. The molecule has 0 aliphatic rings. The third-order valence-corrected chi connectivity index (χ3v) is 2.53. The van der Waals surface area contributed by atoms with Gasteiger partial charge in [0.05, 0.1) is 0 Å². The van der Waals surface area contributed by atoms with Crippen molar-refractivity contribution in [2.24, 2.45) is 5.41 Å². The molecule has 0 saturated heterocycles. The molecule has 0 aromatic carbocycles. The minimum atomic E-state index is 0.280. The van der Waals surface area contributed by atoms with E-state index in [9.17, 15) is 0 Å². The molecule has 0 unspecified atom stereocenters. The highest BCUT2D eigenvalue weighted by atomic mass is 16.5. The average Bonchev–Trinajstić information content (AvgIpc) is 2.28. The first kappa shape index (κ1) is 17.9. The fourth-order valence-electron chi connectivity index (χ4n) is 1.68. The van der Waals surface area contributed by atoms with E-state index in [-0.39, 0.29) is 5.41 Å². The maximum absolute atomic E-state index is 5.69. The highest BCUT2D eigenvalue weighted by molar-refractivity contribution is 4.65. The van der Waals surface area contributed by atoms with Gasteiger partial charge in [0.15, 0.2) is 0 Å². The largest absolute Gasteiger partial charge is 0.366 e. The van der Waals surface area contributed by atoms with Crippen LogP contribution < -0.4 is 0 Å². The Bertz CT molecular complexity index is 166. The van der Waals surface area contributed by atoms with Crippen molar-refractivity contribution in [1.29, 1.82) is 0 Å². The quantitative estimate of drug-likeness (QED) is 0.415. The van der Waals surface area contributed by atoms with Crippen molar-refractivity contribution >= 4 is 0 Å². The first-order valence-electron chi connectivity index (χ1n) is 7.37. The Morgan fingerprint density at radius 2 is 1.28 bits per heavy atom. The van der Waals surface area contributed by atoms with E-state index < -0.39 is 0 Å². The minimum Gasteiger partial charge on any atom is -0.366 e. The number of hydrogen-bond donors (Lipinski definition) is 0. The van der Waals surface area contributed by atoms with Gasteiger partial charge in [-0.3, -0.25) is 4.90 Å². The molecule has 0 N–H and O–H groups in total. The second-order valence-electron chi connectivity index (χ2n) is 6.17. The van der Waals surface area contributed by atoms with E-state index in [4.69, 9.17) is 9.47 Å². The second kappa shape index (κ2) is 10.8. The summed E-state index contributed by atoms with van der Waals surface area (Å²) in [6.07, 6.45) is 4.65. The molecule has 0 saturated carbocycles. The summed E-state index contributed by atoms with van der Waals surface area (Å²) in [7, 11) is 0. The summed E-state index contributed by atoms with van der Waals surface area (Å²) < 4.78 is 11.4. The van der Waals surface area contributed by atoms with Gasteiger partial charge < -0.3 is 9.47 Å². The van der Waals surface area contributed by atoms with E-state index in [1.807, 2.05) is 0 Å². The van der Waals surface area contributed by atoms with Gasteiger partial charge in [0.1, 0.15) is 13.5 Å². The first-order chi connectivity index (χ1) is 8.49. The van der Waals surface area contributed by atoms with Crippen molar-refractivity contribution in [2.75, 3.05) is 33.2 Å². The Labute approximate surface area is 114 Å². The summed E-state index contributed by atoms with van der Waals surface area (Å²) >= 11 is 0. The monoisotopic (exact) mass is 259 g/mol. The summed E-state index contributed by atoms with van der Waals surface area (Å²) in [5, 5.41) is 0. The van der Waals surface area contributed by atoms with Crippen molar-refractivity contribution in [3.05, 3.63) is 0 Å². The van der Waals surface area contributed by atoms with Crippen LogP contribution in [-0.2, 0) is 9.47 Å². The summed E-state index contributed by atoms with van der Waals surface area (Å²) in [5.74, 6) is 0. The third-order valence-electron chi connectivity index (χ3n) is 2.53. The van der Waals surface area contributed by atoms with E-state index in [2.05, 4.69) is 39.5 Å². The van der Waals surface area contributed by atoms with Crippen LogP contribution in [0.3, 0.4) is 0 Å². The normalized spacial score (nSPS) is 12.3. The summed E-state index contributed by atoms with van der Waals surface area (Å²) in [5.41, 5.74) is 0.280. The summed E-state index contributed by atoms with van der Waals surface area (Å²) in [6, 6.07) is 0. The zero-order valence-corrected chi connectivity index (χ0v) is 13.1. The van der Waals surface area contributed by atoms with Crippen molar-refractivity contribution in [1.82, 2.24) is 4.90 Å². The molecule has 0 rings (SSSR count). The van der Waals surface area contributed by atoms with Gasteiger partial charge in [0.2, 0.25) is 0 Å². The van der Waals surface area contributed by atoms with Crippen LogP contribution in [0, 0.1) is 5.41 Å². The van der Waals surface area contributed by atoms with Gasteiger partial charge >= 0.3 is 0 Å². The zero-order chi connectivity index (χ0) is 13.9. The van der Waals surface area contributed by atoms with Crippen LogP contribution in [0.1, 0.15) is 60.3 Å². The lowest BCUT2D eigenvalue weighted by Crippen LogP contribution is -2.36. The Morgan fingerprint density at radius 1 is 0.833 bits per heavy atom. The Hall–Kier alpha value is -0.120. The number of unbranched alkanes of at least 4 members (excludes halogenated alkanes) is 2. The van der Waals surface area contributed by atoms with Crippen LogP contribution in [0.2, 0.25) is 0 Å². The highest BCUT2D eigenvalue weighted by Gasteiger charge is 2.16.